The first-order valence-electron chi connectivity index (χ1n) is 6.53. The SMILES string of the molecule is COC1CCN(Cc2ccc(/C=C/C(=O)O)cc2F)C1. The maximum Gasteiger partial charge on any atom is 0.328 e. The summed E-state index contributed by atoms with van der Waals surface area (Å²) in [5.74, 6) is -1.35. The fourth-order valence-corrected chi connectivity index (χ4v) is 2.34. The van der Waals surface area contributed by atoms with Crippen LogP contribution in [0.5, 0.6) is 0 Å². The predicted molar refractivity (Wildman–Crippen MR) is 73.8 cm³/mol. The van der Waals surface area contributed by atoms with Crippen LogP contribution < -0.4 is 0 Å². The second-order valence-corrected chi connectivity index (χ2v) is 4.90. The van der Waals surface area contributed by atoms with Crippen molar-refractivity contribution in [2.24, 2.45) is 0 Å². The number of carbonyl (C=O) groups is 1. The average molecular weight is 279 g/mol. The van der Waals surface area contributed by atoms with Crippen LogP contribution in [-0.4, -0.2) is 42.3 Å². The lowest BCUT2D eigenvalue weighted by Crippen LogP contribution is -2.22. The van der Waals surface area contributed by atoms with E-state index in [9.17, 15) is 9.18 Å². The Kier molecular flexibility index (Phi) is 4.87. The van der Waals surface area contributed by atoms with Gasteiger partial charge in [0.15, 0.2) is 0 Å². The summed E-state index contributed by atoms with van der Waals surface area (Å²) < 4.78 is 19.3. The Balaban J connectivity index is 2.01. The standard InChI is InChI=1S/C15H18FNO3/c1-20-13-6-7-17(10-13)9-12-4-2-11(8-14(12)16)3-5-15(18)19/h2-5,8,13H,6-7,9-10H2,1H3,(H,18,19)/b5-3+. The van der Waals surface area contributed by atoms with Crippen LogP contribution in [0, 0.1) is 5.82 Å². The second kappa shape index (κ2) is 6.63. The summed E-state index contributed by atoms with van der Waals surface area (Å²) in [6, 6.07) is 4.79. The van der Waals surface area contributed by atoms with E-state index in [1.807, 2.05) is 0 Å². The monoisotopic (exact) mass is 279 g/mol. The molecule has 1 aromatic rings. The molecule has 1 fully saturated rings. The number of rotatable bonds is 5. The minimum absolute atomic E-state index is 0.232. The van der Waals surface area contributed by atoms with Crippen molar-refractivity contribution < 1.29 is 19.0 Å². The van der Waals surface area contributed by atoms with Crippen molar-refractivity contribution in [3.05, 3.63) is 41.2 Å². The molecule has 0 radical (unpaired) electrons. The highest BCUT2D eigenvalue weighted by Crippen LogP contribution is 2.18. The van der Waals surface area contributed by atoms with Crippen LogP contribution >= 0.6 is 0 Å². The van der Waals surface area contributed by atoms with Crippen LogP contribution in [0.15, 0.2) is 24.3 Å². The highest BCUT2D eigenvalue weighted by atomic mass is 19.1. The molecule has 1 aromatic carbocycles. The molecule has 2 rings (SSSR count). The van der Waals surface area contributed by atoms with Crippen LogP contribution in [0.1, 0.15) is 17.5 Å². The van der Waals surface area contributed by atoms with E-state index >= 15 is 0 Å². The highest BCUT2D eigenvalue weighted by Gasteiger charge is 2.22. The molecule has 1 heterocycles. The number of benzene rings is 1. The Labute approximate surface area is 117 Å². The summed E-state index contributed by atoms with van der Waals surface area (Å²) in [4.78, 5) is 12.6. The molecule has 0 bridgehead atoms. The van der Waals surface area contributed by atoms with E-state index < -0.39 is 5.97 Å². The van der Waals surface area contributed by atoms with Gasteiger partial charge in [-0.2, -0.15) is 0 Å². The second-order valence-electron chi connectivity index (χ2n) is 4.90. The zero-order chi connectivity index (χ0) is 14.5. The molecule has 1 unspecified atom stereocenters. The van der Waals surface area contributed by atoms with Gasteiger partial charge in [0.1, 0.15) is 5.82 Å². The fraction of sp³-hybridized carbons (Fsp3) is 0.400. The molecule has 5 heteroatoms. The number of hydrogen-bond acceptors (Lipinski definition) is 3. The molecular formula is C15H18FNO3. The third kappa shape index (κ3) is 3.88. The molecule has 1 N–H and O–H groups in total. The van der Waals surface area contributed by atoms with Crippen molar-refractivity contribution in [2.45, 2.75) is 19.1 Å². The molecule has 1 atom stereocenters. The lowest BCUT2D eigenvalue weighted by Gasteiger charge is -2.16. The van der Waals surface area contributed by atoms with Gasteiger partial charge in [-0.25, -0.2) is 9.18 Å². The first kappa shape index (κ1) is 14.7. The van der Waals surface area contributed by atoms with Gasteiger partial charge in [0, 0.05) is 38.4 Å². The van der Waals surface area contributed by atoms with Gasteiger partial charge in [0.2, 0.25) is 0 Å². The predicted octanol–water partition coefficient (Wildman–Crippen LogP) is 2.14. The zero-order valence-electron chi connectivity index (χ0n) is 11.4. The molecule has 1 aliphatic heterocycles. The minimum Gasteiger partial charge on any atom is -0.478 e. The molecule has 108 valence electrons. The quantitative estimate of drug-likeness (QED) is 0.839. The van der Waals surface area contributed by atoms with Gasteiger partial charge in [-0.15, -0.1) is 0 Å². The molecule has 0 saturated carbocycles. The van der Waals surface area contributed by atoms with Crippen molar-refractivity contribution in [1.82, 2.24) is 4.90 Å². The summed E-state index contributed by atoms with van der Waals surface area (Å²) >= 11 is 0. The summed E-state index contributed by atoms with van der Waals surface area (Å²) in [6.45, 7) is 2.27. The molecular weight excluding hydrogens is 261 g/mol. The van der Waals surface area contributed by atoms with E-state index in [0.717, 1.165) is 25.6 Å². The van der Waals surface area contributed by atoms with Crippen molar-refractivity contribution in [2.75, 3.05) is 20.2 Å². The van der Waals surface area contributed by atoms with Crippen molar-refractivity contribution in [1.29, 1.82) is 0 Å². The molecule has 0 aromatic heterocycles. The summed E-state index contributed by atoms with van der Waals surface area (Å²) in [7, 11) is 1.69. The number of carboxylic acid groups (broad SMARTS) is 1. The van der Waals surface area contributed by atoms with Crippen LogP contribution in [0.2, 0.25) is 0 Å². The number of methoxy groups -OCH3 is 1. The van der Waals surface area contributed by atoms with Gasteiger partial charge >= 0.3 is 5.97 Å². The van der Waals surface area contributed by atoms with Gasteiger partial charge in [-0.3, -0.25) is 4.90 Å². The normalized spacial score (nSPS) is 19.8. The molecule has 4 nitrogen and oxygen atoms in total. The Morgan fingerprint density at radius 3 is 3.00 bits per heavy atom. The minimum atomic E-state index is -1.04. The van der Waals surface area contributed by atoms with Gasteiger partial charge in [0.25, 0.3) is 0 Å². The number of ether oxygens (including phenoxy) is 1. The van der Waals surface area contributed by atoms with E-state index in [1.54, 1.807) is 19.2 Å². The summed E-state index contributed by atoms with van der Waals surface area (Å²) in [5, 5.41) is 8.54. The summed E-state index contributed by atoms with van der Waals surface area (Å²) in [5.41, 5.74) is 1.17. The molecule has 0 aliphatic carbocycles. The Morgan fingerprint density at radius 1 is 1.60 bits per heavy atom. The number of nitrogens with zero attached hydrogens (tertiary/aromatic N) is 1. The summed E-state index contributed by atoms with van der Waals surface area (Å²) in [6.07, 6.45) is 3.58. The Bertz CT molecular complexity index is 516. The van der Waals surface area contributed by atoms with E-state index in [2.05, 4.69) is 4.90 Å². The van der Waals surface area contributed by atoms with Crippen LogP contribution in [0.25, 0.3) is 6.08 Å². The molecule has 0 amide bonds. The molecule has 20 heavy (non-hydrogen) atoms. The van der Waals surface area contributed by atoms with Crippen LogP contribution in [-0.2, 0) is 16.1 Å². The Hall–Kier alpha value is -1.72. The average Bonchev–Trinajstić information content (AvgIpc) is 2.87. The van der Waals surface area contributed by atoms with Gasteiger partial charge in [-0.05, 0) is 24.1 Å². The lowest BCUT2D eigenvalue weighted by atomic mass is 10.1. The third-order valence-electron chi connectivity index (χ3n) is 3.45. The maximum absolute atomic E-state index is 14.0. The maximum atomic E-state index is 14.0. The lowest BCUT2D eigenvalue weighted by molar-refractivity contribution is -0.131. The third-order valence-corrected chi connectivity index (χ3v) is 3.45. The number of aliphatic carboxylic acids is 1. The molecule has 0 spiro atoms. The topological polar surface area (TPSA) is 49.8 Å². The van der Waals surface area contributed by atoms with Crippen molar-refractivity contribution >= 4 is 12.0 Å². The first-order chi connectivity index (χ1) is 9.58. The van der Waals surface area contributed by atoms with Gasteiger partial charge in [-0.1, -0.05) is 12.1 Å². The van der Waals surface area contributed by atoms with Crippen molar-refractivity contribution in [3.63, 3.8) is 0 Å². The molecule has 1 saturated heterocycles. The van der Waals surface area contributed by atoms with Crippen LogP contribution in [0.3, 0.4) is 0 Å². The first-order valence-corrected chi connectivity index (χ1v) is 6.53. The largest absolute Gasteiger partial charge is 0.478 e. The highest BCUT2D eigenvalue weighted by molar-refractivity contribution is 5.85. The van der Waals surface area contributed by atoms with E-state index in [4.69, 9.17) is 9.84 Å². The van der Waals surface area contributed by atoms with Gasteiger partial charge < -0.3 is 9.84 Å². The van der Waals surface area contributed by atoms with E-state index in [1.165, 1.54) is 12.1 Å². The Morgan fingerprint density at radius 2 is 2.40 bits per heavy atom. The number of hydrogen-bond donors (Lipinski definition) is 1. The fourth-order valence-electron chi connectivity index (χ4n) is 2.34. The van der Waals surface area contributed by atoms with E-state index in [-0.39, 0.29) is 11.9 Å². The smallest absolute Gasteiger partial charge is 0.328 e. The van der Waals surface area contributed by atoms with E-state index in [0.29, 0.717) is 17.7 Å². The van der Waals surface area contributed by atoms with Crippen LogP contribution in [0.4, 0.5) is 4.39 Å². The van der Waals surface area contributed by atoms with Gasteiger partial charge in [0.05, 0.1) is 6.10 Å². The zero-order valence-corrected chi connectivity index (χ0v) is 11.4. The number of likely N-dealkylation sites (tertiary alicyclic amines) is 1. The van der Waals surface area contributed by atoms with Crippen molar-refractivity contribution in [3.8, 4) is 0 Å². The number of carboxylic acids is 1. The number of halogens is 1. The molecule has 1 aliphatic rings.